The molecular formula is C51H32N2. The Hall–Kier alpha value is -6.77. The lowest BCUT2D eigenvalue weighted by molar-refractivity contribution is 1.02. The van der Waals surface area contributed by atoms with Crippen LogP contribution in [-0.2, 0) is 0 Å². The summed E-state index contributed by atoms with van der Waals surface area (Å²) in [5.41, 5.74) is 20.1. The molecule has 0 saturated carbocycles. The molecule has 8 aromatic carbocycles. The molecule has 2 aliphatic rings. The number of imidazole rings is 1. The van der Waals surface area contributed by atoms with Crippen LogP contribution in [0.3, 0.4) is 0 Å². The zero-order valence-corrected chi connectivity index (χ0v) is 28.9. The van der Waals surface area contributed by atoms with E-state index in [1.807, 2.05) is 0 Å². The first-order chi connectivity index (χ1) is 26.3. The van der Waals surface area contributed by atoms with E-state index < -0.39 is 0 Å². The van der Waals surface area contributed by atoms with Crippen LogP contribution >= 0.6 is 0 Å². The van der Waals surface area contributed by atoms with Gasteiger partial charge in [0.05, 0.1) is 16.6 Å². The summed E-state index contributed by atoms with van der Waals surface area (Å²) in [6.45, 7) is 0. The van der Waals surface area contributed by atoms with Crippen LogP contribution < -0.4 is 0 Å². The van der Waals surface area contributed by atoms with Gasteiger partial charge in [0.25, 0.3) is 0 Å². The van der Waals surface area contributed by atoms with Crippen LogP contribution in [0.15, 0.2) is 182 Å². The second-order valence-electron chi connectivity index (χ2n) is 14.6. The Morgan fingerprint density at radius 3 is 1.45 bits per heavy atom. The summed E-state index contributed by atoms with van der Waals surface area (Å²) >= 11 is 0. The minimum Gasteiger partial charge on any atom is -0.292 e. The van der Waals surface area contributed by atoms with E-state index in [1.54, 1.807) is 0 Å². The molecule has 53 heavy (non-hydrogen) atoms. The van der Waals surface area contributed by atoms with Gasteiger partial charge in [-0.3, -0.25) is 4.40 Å². The largest absolute Gasteiger partial charge is 0.292 e. The van der Waals surface area contributed by atoms with Gasteiger partial charge in [0.1, 0.15) is 5.65 Å². The summed E-state index contributed by atoms with van der Waals surface area (Å²) in [4.78, 5) is 5.45. The van der Waals surface area contributed by atoms with E-state index in [9.17, 15) is 0 Å². The van der Waals surface area contributed by atoms with Gasteiger partial charge in [-0.1, -0.05) is 158 Å². The number of benzene rings is 8. The molecule has 0 fully saturated rings. The zero-order chi connectivity index (χ0) is 34.6. The van der Waals surface area contributed by atoms with Gasteiger partial charge in [0.15, 0.2) is 0 Å². The summed E-state index contributed by atoms with van der Waals surface area (Å²) in [7, 11) is 0. The second kappa shape index (κ2) is 10.9. The Balaban J connectivity index is 1.15. The number of rotatable bonds is 3. The zero-order valence-electron chi connectivity index (χ0n) is 28.9. The van der Waals surface area contributed by atoms with Crippen molar-refractivity contribution in [3.63, 3.8) is 0 Å². The van der Waals surface area contributed by atoms with Crippen LogP contribution in [0.5, 0.6) is 0 Å². The fraction of sp³-hybridized carbons (Fsp3) is 0.0392. The summed E-state index contributed by atoms with van der Waals surface area (Å²) in [5, 5.41) is 3.64. The summed E-state index contributed by atoms with van der Waals surface area (Å²) in [6, 6.07) is 67.4. The topological polar surface area (TPSA) is 17.3 Å². The SMILES string of the molecule is c1ccc(-c2ccc3nc4c5cc(C6c7ccccc7-c7ccccc76)ccc5c5ccc(C6c7ccccc7-c7ccccc76)cc5n4c3c2)cc1. The van der Waals surface area contributed by atoms with E-state index in [0.29, 0.717) is 0 Å². The Morgan fingerprint density at radius 2 is 0.868 bits per heavy atom. The molecule has 0 saturated heterocycles. The molecule has 2 aromatic heterocycles. The van der Waals surface area contributed by atoms with Crippen molar-refractivity contribution >= 4 is 38.4 Å². The van der Waals surface area contributed by atoms with Crippen molar-refractivity contribution < 1.29 is 0 Å². The van der Waals surface area contributed by atoms with Gasteiger partial charge < -0.3 is 0 Å². The Morgan fingerprint density at radius 1 is 0.358 bits per heavy atom. The van der Waals surface area contributed by atoms with Crippen molar-refractivity contribution in [1.82, 2.24) is 9.38 Å². The molecule has 0 atom stereocenters. The summed E-state index contributed by atoms with van der Waals surface area (Å²) < 4.78 is 2.44. The van der Waals surface area contributed by atoms with Crippen molar-refractivity contribution in [2.24, 2.45) is 0 Å². The van der Waals surface area contributed by atoms with E-state index in [1.165, 1.54) is 88.4 Å². The van der Waals surface area contributed by atoms with Crippen molar-refractivity contribution in [2.75, 3.05) is 0 Å². The fourth-order valence-electron chi connectivity index (χ4n) is 9.64. The molecule has 2 heteroatoms. The second-order valence-corrected chi connectivity index (χ2v) is 14.6. The third kappa shape index (κ3) is 4.06. The Kier molecular flexibility index (Phi) is 5.92. The first kappa shape index (κ1) is 28.9. The van der Waals surface area contributed by atoms with E-state index in [-0.39, 0.29) is 11.8 Å². The van der Waals surface area contributed by atoms with Gasteiger partial charge in [-0.15, -0.1) is 0 Å². The molecule has 12 rings (SSSR count). The maximum atomic E-state index is 5.45. The molecule has 10 aromatic rings. The van der Waals surface area contributed by atoms with E-state index in [2.05, 4.69) is 186 Å². The normalized spacial score (nSPS) is 13.5. The molecule has 0 aliphatic heterocycles. The first-order valence-electron chi connectivity index (χ1n) is 18.5. The van der Waals surface area contributed by atoms with Gasteiger partial charge in [-0.2, -0.15) is 0 Å². The highest BCUT2D eigenvalue weighted by Gasteiger charge is 2.31. The van der Waals surface area contributed by atoms with Gasteiger partial charge in [-0.25, -0.2) is 4.98 Å². The number of hydrogen-bond donors (Lipinski definition) is 0. The molecule has 2 heterocycles. The molecule has 0 N–H and O–H groups in total. The number of pyridine rings is 1. The number of fused-ring (bicyclic) bond motifs is 14. The predicted octanol–water partition coefficient (Wildman–Crippen LogP) is 12.8. The molecule has 0 bridgehead atoms. The van der Waals surface area contributed by atoms with Crippen LogP contribution in [0, 0.1) is 0 Å². The van der Waals surface area contributed by atoms with Crippen LogP contribution in [0.4, 0.5) is 0 Å². The van der Waals surface area contributed by atoms with Crippen molar-refractivity contribution in [1.29, 1.82) is 0 Å². The average molecular weight is 673 g/mol. The lowest BCUT2D eigenvalue weighted by Gasteiger charge is -2.18. The molecule has 0 spiro atoms. The number of aromatic nitrogens is 2. The first-order valence-corrected chi connectivity index (χ1v) is 18.5. The van der Waals surface area contributed by atoms with Crippen LogP contribution in [-0.4, -0.2) is 9.38 Å². The van der Waals surface area contributed by atoms with Crippen LogP contribution in [0.25, 0.3) is 71.7 Å². The molecular weight excluding hydrogens is 641 g/mol. The predicted molar refractivity (Wildman–Crippen MR) is 219 cm³/mol. The minimum atomic E-state index is 0.164. The highest BCUT2D eigenvalue weighted by atomic mass is 15.0. The summed E-state index contributed by atoms with van der Waals surface area (Å²) in [5.74, 6) is 0.332. The summed E-state index contributed by atoms with van der Waals surface area (Å²) in [6.07, 6.45) is 0. The molecule has 0 unspecified atom stereocenters. The van der Waals surface area contributed by atoms with Gasteiger partial charge in [0.2, 0.25) is 0 Å². The van der Waals surface area contributed by atoms with Gasteiger partial charge >= 0.3 is 0 Å². The highest BCUT2D eigenvalue weighted by molar-refractivity contribution is 6.14. The Labute approximate surface area is 307 Å². The quantitative estimate of drug-likeness (QED) is 0.171. The van der Waals surface area contributed by atoms with E-state index >= 15 is 0 Å². The standard InChI is InChI=1S/C51H32N2/c1-2-12-31(13-3-1)32-24-27-46-48(29-32)53-47-30-34(50-43-20-10-6-16-37(43)38-17-7-11-21-44(38)50)23-26-40(47)39-25-22-33(28-45(39)51(53)52-46)49-41-18-8-4-14-35(41)36-15-5-9-19-42(36)49/h1-30,49-50H. The van der Waals surface area contributed by atoms with Crippen LogP contribution in [0.2, 0.25) is 0 Å². The Bertz CT molecular complexity index is 3040. The van der Waals surface area contributed by atoms with Crippen molar-refractivity contribution in [3.8, 4) is 33.4 Å². The molecule has 0 amide bonds. The molecule has 246 valence electrons. The van der Waals surface area contributed by atoms with Crippen LogP contribution in [0.1, 0.15) is 45.2 Å². The smallest absolute Gasteiger partial charge is 0.146 e. The minimum absolute atomic E-state index is 0.164. The lowest BCUT2D eigenvalue weighted by Crippen LogP contribution is -2.02. The molecule has 0 radical (unpaired) electrons. The lowest BCUT2D eigenvalue weighted by atomic mass is 9.87. The van der Waals surface area contributed by atoms with E-state index in [0.717, 1.165) is 16.7 Å². The molecule has 2 aliphatic carbocycles. The van der Waals surface area contributed by atoms with Crippen molar-refractivity contribution in [3.05, 3.63) is 215 Å². The third-order valence-corrected chi connectivity index (χ3v) is 11.9. The van der Waals surface area contributed by atoms with E-state index in [4.69, 9.17) is 4.98 Å². The highest BCUT2D eigenvalue weighted by Crippen LogP contribution is 2.50. The average Bonchev–Trinajstić information content (AvgIpc) is 3.89. The maximum Gasteiger partial charge on any atom is 0.146 e. The van der Waals surface area contributed by atoms with Crippen molar-refractivity contribution in [2.45, 2.75) is 11.8 Å². The van der Waals surface area contributed by atoms with Gasteiger partial charge in [-0.05, 0) is 96.4 Å². The van der Waals surface area contributed by atoms with Gasteiger partial charge in [0, 0.05) is 22.6 Å². The number of hydrogen-bond acceptors (Lipinski definition) is 1. The molecule has 2 nitrogen and oxygen atoms in total. The third-order valence-electron chi connectivity index (χ3n) is 11.9. The maximum absolute atomic E-state index is 5.45. The number of nitrogens with zero attached hydrogens (tertiary/aromatic N) is 2. The monoisotopic (exact) mass is 672 g/mol. The fourth-order valence-corrected chi connectivity index (χ4v) is 9.64.